The maximum Gasteiger partial charge on any atom is 0.311 e. The summed E-state index contributed by atoms with van der Waals surface area (Å²) in [6.45, 7) is 3.38. The van der Waals surface area contributed by atoms with Gasteiger partial charge in [-0.2, -0.15) is 0 Å². The Labute approximate surface area is 158 Å². The smallest absolute Gasteiger partial charge is 0.311 e. The van der Waals surface area contributed by atoms with Gasteiger partial charge in [0.25, 0.3) is 0 Å². The van der Waals surface area contributed by atoms with Crippen molar-refractivity contribution in [3.8, 4) is 11.5 Å². The highest BCUT2D eigenvalue weighted by molar-refractivity contribution is 5.61. The minimum atomic E-state index is -0.370. The highest BCUT2D eigenvalue weighted by Crippen LogP contribution is 2.33. The van der Waals surface area contributed by atoms with E-state index in [1.807, 2.05) is 30.1 Å². The van der Waals surface area contributed by atoms with E-state index in [0.29, 0.717) is 5.82 Å². The van der Waals surface area contributed by atoms with Crippen LogP contribution in [0.3, 0.4) is 0 Å². The maximum absolute atomic E-state index is 11.4. The van der Waals surface area contributed by atoms with Gasteiger partial charge in [-0.05, 0) is 18.9 Å². The Bertz CT molecular complexity index is 820. The van der Waals surface area contributed by atoms with Crippen molar-refractivity contribution in [2.45, 2.75) is 19.4 Å². The first kappa shape index (κ1) is 18.8. The molecule has 2 aromatic rings. The van der Waals surface area contributed by atoms with Crippen LogP contribution in [0.25, 0.3) is 0 Å². The number of rotatable bonds is 6. The van der Waals surface area contributed by atoms with Gasteiger partial charge >= 0.3 is 5.69 Å². The third-order valence-electron chi connectivity index (χ3n) is 4.93. The predicted octanol–water partition coefficient (Wildman–Crippen LogP) is 3.03. The van der Waals surface area contributed by atoms with E-state index in [0.717, 1.165) is 42.3 Å². The molecule has 2 heterocycles. The van der Waals surface area contributed by atoms with Crippen molar-refractivity contribution in [2.75, 3.05) is 44.2 Å². The van der Waals surface area contributed by atoms with Crippen LogP contribution in [-0.4, -0.2) is 50.3 Å². The van der Waals surface area contributed by atoms with E-state index < -0.39 is 0 Å². The average molecular weight is 372 g/mol. The molecule has 1 aromatic heterocycles. The van der Waals surface area contributed by atoms with E-state index in [1.54, 1.807) is 33.4 Å². The van der Waals surface area contributed by atoms with E-state index >= 15 is 0 Å². The fourth-order valence-electron chi connectivity index (χ4n) is 3.39. The van der Waals surface area contributed by atoms with Crippen molar-refractivity contribution in [3.05, 3.63) is 46.1 Å². The summed E-state index contributed by atoms with van der Waals surface area (Å²) in [6, 6.07) is 7.46. The lowest BCUT2D eigenvalue weighted by atomic mass is 10.2. The normalized spacial score (nSPS) is 16.3. The van der Waals surface area contributed by atoms with Crippen LogP contribution in [0.5, 0.6) is 11.5 Å². The van der Waals surface area contributed by atoms with Crippen molar-refractivity contribution in [2.24, 2.45) is 0 Å². The molecule has 0 spiro atoms. The summed E-state index contributed by atoms with van der Waals surface area (Å²) in [5, 5.41) is 11.4. The van der Waals surface area contributed by atoms with Gasteiger partial charge in [-0.15, -0.1) is 0 Å². The Balaban J connectivity index is 1.81. The van der Waals surface area contributed by atoms with Crippen LogP contribution >= 0.6 is 0 Å². The molecule has 1 fully saturated rings. The summed E-state index contributed by atoms with van der Waals surface area (Å²) >= 11 is 0. The number of benzene rings is 1. The minimum absolute atomic E-state index is 0.0407. The molecule has 1 aliphatic heterocycles. The van der Waals surface area contributed by atoms with Crippen molar-refractivity contribution >= 4 is 17.2 Å². The van der Waals surface area contributed by atoms with E-state index in [1.165, 1.54) is 0 Å². The number of aromatic nitrogens is 1. The number of aryl methyl sites for hydroxylation is 1. The molecule has 0 aliphatic carbocycles. The van der Waals surface area contributed by atoms with E-state index in [2.05, 4.69) is 9.88 Å². The number of methoxy groups -OCH3 is 2. The molecule has 0 saturated carbocycles. The van der Waals surface area contributed by atoms with Gasteiger partial charge in [0.2, 0.25) is 5.82 Å². The molecule has 3 rings (SSSR count). The molecule has 0 N–H and O–H groups in total. The molecule has 0 bridgehead atoms. The molecule has 1 atom stereocenters. The van der Waals surface area contributed by atoms with Crippen LogP contribution in [0.15, 0.2) is 30.5 Å². The highest BCUT2D eigenvalue weighted by Gasteiger charge is 2.30. The zero-order valence-electron chi connectivity index (χ0n) is 16.0. The Hall–Kier alpha value is -3.03. The second kappa shape index (κ2) is 7.69. The quantitative estimate of drug-likeness (QED) is 0.569. The molecule has 0 radical (unpaired) electrons. The summed E-state index contributed by atoms with van der Waals surface area (Å²) < 4.78 is 10.7. The van der Waals surface area contributed by atoms with Gasteiger partial charge in [-0.1, -0.05) is 0 Å². The van der Waals surface area contributed by atoms with Crippen LogP contribution in [0.1, 0.15) is 12.0 Å². The summed E-state index contributed by atoms with van der Waals surface area (Å²) in [6.07, 6.45) is 2.54. The Kier molecular flexibility index (Phi) is 5.34. The van der Waals surface area contributed by atoms with Crippen molar-refractivity contribution in [1.29, 1.82) is 0 Å². The van der Waals surface area contributed by atoms with E-state index in [-0.39, 0.29) is 16.7 Å². The summed E-state index contributed by atoms with van der Waals surface area (Å²) in [5.74, 6) is 1.87. The molecule has 8 heteroatoms. The van der Waals surface area contributed by atoms with Gasteiger partial charge in [0, 0.05) is 62.3 Å². The summed E-state index contributed by atoms with van der Waals surface area (Å²) in [5.41, 5.74) is 1.82. The third kappa shape index (κ3) is 3.89. The van der Waals surface area contributed by atoms with Gasteiger partial charge in [-0.3, -0.25) is 10.1 Å². The van der Waals surface area contributed by atoms with Gasteiger partial charge in [0.15, 0.2) is 0 Å². The van der Waals surface area contributed by atoms with Crippen molar-refractivity contribution in [1.82, 2.24) is 4.98 Å². The van der Waals surface area contributed by atoms with Crippen LogP contribution < -0.4 is 19.3 Å². The maximum atomic E-state index is 11.4. The number of ether oxygens (including phenoxy) is 2. The van der Waals surface area contributed by atoms with Crippen LogP contribution in [0.4, 0.5) is 17.2 Å². The van der Waals surface area contributed by atoms with Gasteiger partial charge in [0.1, 0.15) is 11.5 Å². The van der Waals surface area contributed by atoms with Crippen LogP contribution in [-0.2, 0) is 0 Å². The lowest BCUT2D eigenvalue weighted by Gasteiger charge is -2.26. The van der Waals surface area contributed by atoms with E-state index in [4.69, 9.17) is 9.47 Å². The monoisotopic (exact) mass is 372 g/mol. The van der Waals surface area contributed by atoms with E-state index in [9.17, 15) is 10.1 Å². The molecule has 1 aliphatic rings. The Morgan fingerprint density at radius 3 is 2.48 bits per heavy atom. The van der Waals surface area contributed by atoms with Gasteiger partial charge < -0.3 is 19.3 Å². The first-order chi connectivity index (χ1) is 12.9. The lowest BCUT2D eigenvalue weighted by molar-refractivity contribution is -0.384. The molecule has 27 heavy (non-hydrogen) atoms. The van der Waals surface area contributed by atoms with Gasteiger partial charge in [0.05, 0.1) is 19.1 Å². The first-order valence-electron chi connectivity index (χ1n) is 8.74. The molecule has 1 saturated heterocycles. The third-order valence-corrected chi connectivity index (χ3v) is 4.93. The molecule has 1 unspecified atom stereocenters. The predicted molar refractivity (Wildman–Crippen MR) is 104 cm³/mol. The van der Waals surface area contributed by atoms with Crippen molar-refractivity contribution < 1.29 is 14.4 Å². The standard InChI is InChI=1S/C19H24N4O4/c1-13-7-18(23(24)25)19(20-11-13)21(2)14-5-6-22(12-14)15-8-16(26-3)10-17(9-15)27-4/h7-11,14H,5-6,12H2,1-4H3. The average Bonchev–Trinajstić information content (AvgIpc) is 3.17. The lowest BCUT2D eigenvalue weighted by Crippen LogP contribution is -2.35. The van der Waals surface area contributed by atoms with Crippen LogP contribution in [0.2, 0.25) is 0 Å². The Morgan fingerprint density at radius 2 is 1.89 bits per heavy atom. The topological polar surface area (TPSA) is 81.0 Å². The molecule has 8 nitrogen and oxygen atoms in total. The number of nitro groups is 1. The molecule has 144 valence electrons. The minimum Gasteiger partial charge on any atom is -0.497 e. The molecular formula is C19H24N4O4. The zero-order valence-corrected chi connectivity index (χ0v) is 16.0. The largest absolute Gasteiger partial charge is 0.497 e. The Morgan fingerprint density at radius 1 is 1.22 bits per heavy atom. The number of hydrogen-bond donors (Lipinski definition) is 0. The summed E-state index contributed by atoms with van der Waals surface area (Å²) in [4.78, 5) is 19.5. The second-order valence-electron chi connectivity index (χ2n) is 6.68. The first-order valence-corrected chi connectivity index (χ1v) is 8.74. The molecule has 1 aromatic carbocycles. The molecular weight excluding hydrogens is 348 g/mol. The van der Waals surface area contributed by atoms with Gasteiger partial charge in [-0.25, -0.2) is 4.98 Å². The van der Waals surface area contributed by atoms with Crippen LogP contribution in [0, 0.1) is 17.0 Å². The number of nitrogens with zero attached hydrogens (tertiary/aromatic N) is 4. The fraction of sp³-hybridized carbons (Fsp3) is 0.421. The summed E-state index contributed by atoms with van der Waals surface area (Å²) in [7, 11) is 5.12. The second-order valence-corrected chi connectivity index (χ2v) is 6.68. The fourth-order valence-corrected chi connectivity index (χ4v) is 3.39. The number of pyridine rings is 1. The molecule has 0 amide bonds. The number of hydrogen-bond acceptors (Lipinski definition) is 7. The number of likely N-dealkylation sites (N-methyl/N-ethyl adjacent to an activating group) is 1. The SMILES string of the molecule is COc1cc(OC)cc(N2CCC(N(C)c3ncc(C)cc3[N+](=O)[O-])C2)c1. The number of anilines is 2. The highest BCUT2D eigenvalue weighted by atomic mass is 16.6. The van der Waals surface area contributed by atoms with Crippen molar-refractivity contribution in [3.63, 3.8) is 0 Å². The zero-order chi connectivity index (χ0) is 19.6.